The molecule has 1 heterocycles. The van der Waals surface area contributed by atoms with Crippen LogP contribution in [0.15, 0.2) is 24.3 Å². The molecule has 24 heavy (non-hydrogen) atoms. The van der Waals surface area contributed by atoms with E-state index in [4.69, 9.17) is 4.74 Å². The summed E-state index contributed by atoms with van der Waals surface area (Å²) in [6, 6.07) is 6.39. The molecule has 0 aliphatic carbocycles. The van der Waals surface area contributed by atoms with Crippen molar-refractivity contribution in [2.45, 2.75) is 32.5 Å². The summed E-state index contributed by atoms with van der Waals surface area (Å²) < 4.78 is 19.0. The number of β-amino-alcohol motifs (C(OH)–C–C–N with tert-alkyl or cyclic N) is 1. The van der Waals surface area contributed by atoms with Crippen molar-refractivity contribution in [2.75, 3.05) is 39.3 Å². The number of aliphatic hydroxyl groups excluding tert-OH is 1. The van der Waals surface area contributed by atoms with Crippen LogP contribution < -0.4 is 0 Å². The first-order chi connectivity index (χ1) is 11.5. The lowest BCUT2D eigenvalue weighted by Crippen LogP contribution is -2.51. The number of amides is 1. The number of halogens is 1. The van der Waals surface area contributed by atoms with E-state index in [2.05, 4.69) is 4.90 Å². The zero-order chi connectivity index (χ0) is 17.5. The smallest absolute Gasteiger partial charge is 0.227 e. The molecule has 1 aliphatic rings. The first kappa shape index (κ1) is 18.8. The normalized spacial score (nSPS) is 17.3. The van der Waals surface area contributed by atoms with E-state index in [0.29, 0.717) is 44.9 Å². The lowest BCUT2D eigenvalue weighted by molar-refractivity contribution is -0.132. The van der Waals surface area contributed by atoms with Gasteiger partial charge in [0.2, 0.25) is 5.91 Å². The third kappa shape index (κ3) is 5.85. The third-order valence-electron chi connectivity index (χ3n) is 4.12. The average Bonchev–Trinajstić information content (AvgIpc) is 2.55. The van der Waals surface area contributed by atoms with Gasteiger partial charge in [-0.15, -0.1) is 0 Å². The van der Waals surface area contributed by atoms with Crippen molar-refractivity contribution in [3.8, 4) is 0 Å². The van der Waals surface area contributed by atoms with Gasteiger partial charge < -0.3 is 14.7 Å². The molecule has 0 radical (unpaired) electrons. The summed E-state index contributed by atoms with van der Waals surface area (Å²) >= 11 is 0. The number of carbonyl (C=O) groups excluding carboxylic acids is 1. The summed E-state index contributed by atoms with van der Waals surface area (Å²) in [5.41, 5.74) is 0.436. The Balaban J connectivity index is 1.74. The molecule has 0 spiro atoms. The molecule has 1 atom stereocenters. The van der Waals surface area contributed by atoms with Crippen LogP contribution in [0.4, 0.5) is 4.39 Å². The predicted octanol–water partition coefficient (Wildman–Crippen LogP) is 1.30. The van der Waals surface area contributed by atoms with E-state index in [9.17, 15) is 14.3 Å². The van der Waals surface area contributed by atoms with Crippen molar-refractivity contribution >= 4 is 5.91 Å². The first-order valence-corrected chi connectivity index (χ1v) is 8.49. The summed E-state index contributed by atoms with van der Waals surface area (Å²) in [6.45, 7) is 7.37. The fourth-order valence-corrected chi connectivity index (χ4v) is 2.75. The standard InChI is InChI=1S/C18H27FN2O3/c1-14(2)24-13-16(22)12-20-7-9-21(10-8-20)18(23)11-15-5-3-4-6-17(15)19/h3-6,14,16,22H,7-13H2,1-2H3. The minimum Gasteiger partial charge on any atom is -0.389 e. The maximum absolute atomic E-state index is 13.6. The van der Waals surface area contributed by atoms with Crippen LogP contribution in [0.1, 0.15) is 19.4 Å². The molecule has 6 heteroatoms. The number of hydrogen-bond donors (Lipinski definition) is 1. The van der Waals surface area contributed by atoms with Crippen LogP contribution in [0.5, 0.6) is 0 Å². The van der Waals surface area contributed by atoms with Gasteiger partial charge in [0.25, 0.3) is 0 Å². The van der Waals surface area contributed by atoms with E-state index in [0.717, 1.165) is 0 Å². The van der Waals surface area contributed by atoms with Gasteiger partial charge in [-0.3, -0.25) is 9.69 Å². The molecule has 0 saturated carbocycles. The molecule has 1 aromatic rings. The van der Waals surface area contributed by atoms with Gasteiger partial charge in [0.1, 0.15) is 5.82 Å². The Morgan fingerprint density at radius 3 is 2.54 bits per heavy atom. The van der Waals surface area contributed by atoms with Crippen LogP contribution in [-0.2, 0) is 16.0 Å². The third-order valence-corrected chi connectivity index (χ3v) is 4.12. The highest BCUT2D eigenvalue weighted by atomic mass is 19.1. The SMILES string of the molecule is CC(C)OCC(O)CN1CCN(C(=O)Cc2ccccc2F)CC1. The second kappa shape index (κ2) is 9.11. The summed E-state index contributed by atoms with van der Waals surface area (Å²) in [5, 5.41) is 9.96. The maximum Gasteiger partial charge on any atom is 0.227 e. The van der Waals surface area contributed by atoms with Gasteiger partial charge in [-0.2, -0.15) is 0 Å². The molecule has 0 bridgehead atoms. The maximum atomic E-state index is 13.6. The fraction of sp³-hybridized carbons (Fsp3) is 0.611. The second-order valence-electron chi connectivity index (χ2n) is 6.49. The van der Waals surface area contributed by atoms with E-state index >= 15 is 0 Å². The Labute approximate surface area is 143 Å². The highest BCUT2D eigenvalue weighted by molar-refractivity contribution is 5.78. The predicted molar refractivity (Wildman–Crippen MR) is 90.2 cm³/mol. The Hall–Kier alpha value is -1.50. The minimum atomic E-state index is -0.520. The number of carbonyl (C=O) groups is 1. The van der Waals surface area contributed by atoms with Gasteiger partial charge in [0, 0.05) is 32.7 Å². The highest BCUT2D eigenvalue weighted by Gasteiger charge is 2.23. The number of hydrogen-bond acceptors (Lipinski definition) is 4. The van der Waals surface area contributed by atoms with Gasteiger partial charge in [-0.25, -0.2) is 4.39 Å². The molecule has 1 N–H and O–H groups in total. The van der Waals surface area contributed by atoms with Crippen molar-refractivity contribution in [2.24, 2.45) is 0 Å². The molecular weight excluding hydrogens is 311 g/mol. The molecule has 1 aliphatic heterocycles. The lowest BCUT2D eigenvalue weighted by atomic mass is 10.1. The average molecular weight is 338 g/mol. The van der Waals surface area contributed by atoms with E-state index in [1.165, 1.54) is 6.07 Å². The van der Waals surface area contributed by atoms with Crippen LogP contribution in [0.3, 0.4) is 0 Å². The molecule has 1 fully saturated rings. The quantitative estimate of drug-likeness (QED) is 0.814. The van der Waals surface area contributed by atoms with Crippen LogP contribution in [0, 0.1) is 5.82 Å². The monoisotopic (exact) mass is 338 g/mol. The van der Waals surface area contributed by atoms with Gasteiger partial charge in [-0.05, 0) is 25.5 Å². The van der Waals surface area contributed by atoms with Crippen LogP contribution in [-0.4, -0.2) is 72.4 Å². The van der Waals surface area contributed by atoms with Crippen molar-refractivity contribution < 1.29 is 19.0 Å². The molecule has 1 saturated heterocycles. The van der Waals surface area contributed by atoms with Crippen molar-refractivity contribution in [3.05, 3.63) is 35.6 Å². The van der Waals surface area contributed by atoms with E-state index < -0.39 is 6.10 Å². The lowest BCUT2D eigenvalue weighted by Gasteiger charge is -2.35. The number of benzene rings is 1. The summed E-state index contributed by atoms with van der Waals surface area (Å²) in [7, 11) is 0. The molecule has 5 nitrogen and oxygen atoms in total. The Morgan fingerprint density at radius 1 is 1.25 bits per heavy atom. The van der Waals surface area contributed by atoms with Crippen molar-refractivity contribution in [1.82, 2.24) is 9.80 Å². The number of piperazine rings is 1. The van der Waals surface area contributed by atoms with Crippen molar-refractivity contribution in [3.63, 3.8) is 0 Å². The van der Waals surface area contributed by atoms with Gasteiger partial charge in [0.05, 0.1) is 25.2 Å². The Morgan fingerprint density at radius 2 is 1.92 bits per heavy atom. The summed E-state index contributed by atoms with van der Waals surface area (Å²) in [5.74, 6) is -0.388. The van der Waals surface area contributed by atoms with E-state index in [1.807, 2.05) is 13.8 Å². The van der Waals surface area contributed by atoms with Crippen molar-refractivity contribution in [1.29, 1.82) is 0 Å². The zero-order valence-electron chi connectivity index (χ0n) is 14.4. The van der Waals surface area contributed by atoms with Crippen LogP contribution in [0.25, 0.3) is 0 Å². The Bertz CT molecular complexity index is 531. The van der Waals surface area contributed by atoms with E-state index in [-0.39, 0.29) is 24.2 Å². The van der Waals surface area contributed by atoms with Crippen LogP contribution in [0.2, 0.25) is 0 Å². The first-order valence-electron chi connectivity index (χ1n) is 8.49. The number of nitrogens with zero attached hydrogens (tertiary/aromatic N) is 2. The second-order valence-corrected chi connectivity index (χ2v) is 6.49. The molecular formula is C18H27FN2O3. The molecule has 0 aromatic heterocycles. The zero-order valence-corrected chi connectivity index (χ0v) is 14.4. The molecule has 1 amide bonds. The Kier molecular flexibility index (Phi) is 7.15. The minimum absolute atomic E-state index is 0.0524. The van der Waals surface area contributed by atoms with Gasteiger partial charge >= 0.3 is 0 Å². The van der Waals surface area contributed by atoms with Crippen LogP contribution >= 0.6 is 0 Å². The number of rotatable bonds is 7. The number of aliphatic hydroxyl groups is 1. The molecule has 134 valence electrons. The highest BCUT2D eigenvalue weighted by Crippen LogP contribution is 2.11. The topological polar surface area (TPSA) is 53.0 Å². The summed E-state index contributed by atoms with van der Waals surface area (Å²) in [6.07, 6.45) is -0.321. The largest absolute Gasteiger partial charge is 0.389 e. The summed E-state index contributed by atoms with van der Waals surface area (Å²) in [4.78, 5) is 16.2. The molecule has 1 unspecified atom stereocenters. The van der Waals surface area contributed by atoms with E-state index in [1.54, 1.807) is 23.1 Å². The molecule has 2 rings (SSSR count). The van der Waals surface area contributed by atoms with Gasteiger partial charge in [-0.1, -0.05) is 18.2 Å². The number of ether oxygens (including phenoxy) is 1. The van der Waals surface area contributed by atoms with Gasteiger partial charge in [0.15, 0.2) is 0 Å². The fourth-order valence-electron chi connectivity index (χ4n) is 2.75. The molecule has 1 aromatic carbocycles.